The second-order valence-corrected chi connectivity index (χ2v) is 8.26. The summed E-state index contributed by atoms with van der Waals surface area (Å²) in [5.74, 6) is -0.430. The van der Waals surface area contributed by atoms with E-state index in [-0.39, 0.29) is 41.9 Å². The van der Waals surface area contributed by atoms with E-state index in [0.717, 1.165) is 16.7 Å². The van der Waals surface area contributed by atoms with Crippen LogP contribution in [0.1, 0.15) is 35.7 Å². The number of hydrogen-bond acceptors (Lipinski definition) is 6. The van der Waals surface area contributed by atoms with Gasteiger partial charge in [-0.3, -0.25) is 24.1 Å². The number of nitrogens with one attached hydrogen (secondary N) is 1. The van der Waals surface area contributed by atoms with Crippen LogP contribution in [0, 0.1) is 5.82 Å². The Bertz CT molecular complexity index is 1070. The fourth-order valence-corrected chi connectivity index (χ4v) is 3.87. The van der Waals surface area contributed by atoms with Crippen LogP contribution >= 0.6 is 11.8 Å². The van der Waals surface area contributed by atoms with Gasteiger partial charge in [-0.05, 0) is 73.1 Å². The number of carbonyl (C=O) groups is 4. The van der Waals surface area contributed by atoms with Gasteiger partial charge in [-0.2, -0.15) is 0 Å². The van der Waals surface area contributed by atoms with Crippen LogP contribution in [0.15, 0.2) is 53.4 Å². The molecular formula is C24H23FN2O5S. The number of carbonyl (C=O) groups excluding carboxylic acids is 4. The van der Waals surface area contributed by atoms with Crippen LogP contribution in [0.3, 0.4) is 0 Å². The van der Waals surface area contributed by atoms with Crippen molar-refractivity contribution in [2.45, 2.75) is 19.8 Å². The van der Waals surface area contributed by atoms with Crippen molar-refractivity contribution in [2.75, 3.05) is 19.7 Å². The number of imide groups is 1. The average molecular weight is 471 g/mol. The number of amides is 3. The highest BCUT2D eigenvalue weighted by molar-refractivity contribution is 8.18. The molecule has 172 valence electrons. The average Bonchev–Trinajstić information content (AvgIpc) is 3.06. The molecule has 1 heterocycles. The smallest absolute Gasteiger partial charge is 0.293 e. The number of ketones is 1. The Kier molecular flexibility index (Phi) is 8.37. The van der Waals surface area contributed by atoms with Crippen LogP contribution in [0.2, 0.25) is 0 Å². The fourth-order valence-electron chi connectivity index (χ4n) is 3.01. The quantitative estimate of drug-likeness (QED) is 0.320. The highest BCUT2D eigenvalue weighted by Gasteiger charge is 2.34. The van der Waals surface area contributed by atoms with Crippen molar-refractivity contribution in [3.05, 3.63) is 70.4 Å². The zero-order valence-electron chi connectivity index (χ0n) is 18.0. The number of thioether (sulfide) groups is 1. The molecular weight excluding hydrogens is 447 g/mol. The van der Waals surface area contributed by atoms with Crippen LogP contribution in [0.25, 0.3) is 6.08 Å². The van der Waals surface area contributed by atoms with Crippen LogP contribution in [-0.4, -0.2) is 47.4 Å². The van der Waals surface area contributed by atoms with Gasteiger partial charge in [0.2, 0.25) is 5.91 Å². The first-order valence-corrected chi connectivity index (χ1v) is 11.2. The van der Waals surface area contributed by atoms with Gasteiger partial charge in [0.15, 0.2) is 5.78 Å². The molecule has 0 saturated carbocycles. The molecule has 0 aliphatic carbocycles. The SMILES string of the molecule is CC(=O)c1ccc(OCCCC(=O)NCCN2C(=O)SC(=Cc3ccc(F)cc3)C2=O)cc1. The minimum absolute atomic E-state index is 0.0192. The summed E-state index contributed by atoms with van der Waals surface area (Å²) >= 11 is 0.814. The molecule has 2 aromatic rings. The maximum absolute atomic E-state index is 13.0. The van der Waals surface area contributed by atoms with Crippen LogP contribution in [0.5, 0.6) is 5.75 Å². The van der Waals surface area contributed by atoms with E-state index in [1.165, 1.54) is 37.3 Å². The van der Waals surface area contributed by atoms with Crippen molar-refractivity contribution >= 4 is 40.7 Å². The second kappa shape index (κ2) is 11.4. The monoisotopic (exact) mass is 470 g/mol. The van der Waals surface area contributed by atoms with Crippen LogP contribution in [0.4, 0.5) is 9.18 Å². The molecule has 3 amide bonds. The number of benzene rings is 2. The van der Waals surface area contributed by atoms with E-state index in [2.05, 4.69) is 5.32 Å². The van der Waals surface area contributed by atoms with Gasteiger partial charge in [-0.15, -0.1) is 0 Å². The van der Waals surface area contributed by atoms with Gasteiger partial charge in [0.05, 0.1) is 11.5 Å². The summed E-state index contributed by atoms with van der Waals surface area (Å²) in [6, 6.07) is 12.4. The first kappa shape index (κ1) is 24.2. The van der Waals surface area contributed by atoms with E-state index in [1.54, 1.807) is 24.3 Å². The van der Waals surface area contributed by atoms with Gasteiger partial charge < -0.3 is 10.1 Å². The van der Waals surface area contributed by atoms with Crippen molar-refractivity contribution in [1.82, 2.24) is 10.2 Å². The standard InChI is InChI=1S/C24H23FN2O5S/c1-16(28)18-6-10-20(11-7-18)32-14-2-3-22(29)26-12-13-27-23(30)21(33-24(27)31)15-17-4-8-19(25)9-5-17/h4-11,15H,2-3,12-14H2,1H3,(H,26,29). The first-order chi connectivity index (χ1) is 15.8. The topological polar surface area (TPSA) is 92.8 Å². The molecule has 0 aromatic heterocycles. The molecule has 1 aliphatic rings. The number of ether oxygens (including phenoxy) is 1. The number of nitrogens with zero attached hydrogens (tertiary/aromatic N) is 1. The van der Waals surface area contributed by atoms with Gasteiger partial charge in [0.1, 0.15) is 11.6 Å². The third-order valence-corrected chi connectivity index (χ3v) is 5.68. The summed E-state index contributed by atoms with van der Waals surface area (Å²) in [5.41, 5.74) is 1.22. The van der Waals surface area contributed by atoms with Crippen molar-refractivity contribution < 1.29 is 28.3 Å². The van der Waals surface area contributed by atoms with Crippen LogP contribution < -0.4 is 10.1 Å². The van der Waals surface area contributed by atoms with Gasteiger partial charge >= 0.3 is 0 Å². The molecule has 33 heavy (non-hydrogen) atoms. The van der Waals surface area contributed by atoms with Crippen LogP contribution in [-0.2, 0) is 9.59 Å². The molecule has 0 radical (unpaired) electrons. The van der Waals surface area contributed by atoms with E-state index >= 15 is 0 Å². The van der Waals surface area contributed by atoms with Crippen molar-refractivity contribution in [3.8, 4) is 5.75 Å². The molecule has 2 aromatic carbocycles. The Morgan fingerprint density at radius 2 is 1.79 bits per heavy atom. The van der Waals surface area contributed by atoms with Gasteiger partial charge in [-0.25, -0.2) is 4.39 Å². The summed E-state index contributed by atoms with van der Waals surface area (Å²) in [6.07, 6.45) is 2.26. The molecule has 0 bridgehead atoms. The summed E-state index contributed by atoms with van der Waals surface area (Å²) in [4.78, 5) is 49.2. The van der Waals surface area contributed by atoms with Gasteiger partial charge in [0.25, 0.3) is 11.1 Å². The Morgan fingerprint density at radius 3 is 2.45 bits per heavy atom. The molecule has 1 fully saturated rings. The highest BCUT2D eigenvalue weighted by atomic mass is 32.2. The minimum atomic E-state index is -0.437. The van der Waals surface area contributed by atoms with Crippen molar-refractivity contribution in [3.63, 3.8) is 0 Å². The molecule has 9 heteroatoms. The Hall–Kier alpha value is -3.46. The number of hydrogen-bond donors (Lipinski definition) is 1. The van der Waals surface area contributed by atoms with Crippen molar-refractivity contribution in [2.24, 2.45) is 0 Å². The predicted octanol–water partition coefficient (Wildman–Crippen LogP) is 4.04. The number of rotatable bonds is 10. The zero-order chi connectivity index (χ0) is 23.8. The van der Waals surface area contributed by atoms with E-state index < -0.39 is 11.1 Å². The molecule has 3 rings (SSSR count). The molecule has 7 nitrogen and oxygen atoms in total. The van der Waals surface area contributed by atoms with E-state index in [1.807, 2.05) is 0 Å². The van der Waals surface area contributed by atoms with Gasteiger partial charge in [-0.1, -0.05) is 12.1 Å². The Morgan fingerprint density at radius 1 is 1.09 bits per heavy atom. The minimum Gasteiger partial charge on any atom is -0.494 e. The zero-order valence-corrected chi connectivity index (χ0v) is 18.8. The molecule has 1 N–H and O–H groups in total. The number of halogens is 1. The Labute approximate surface area is 195 Å². The largest absolute Gasteiger partial charge is 0.494 e. The molecule has 1 saturated heterocycles. The molecule has 1 aliphatic heterocycles. The lowest BCUT2D eigenvalue weighted by atomic mass is 10.1. The Balaban J connectivity index is 1.36. The lowest BCUT2D eigenvalue weighted by Crippen LogP contribution is -2.37. The van der Waals surface area contributed by atoms with E-state index in [4.69, 9.17) is 4.74 Å². The fraction of sp³-hybridized carbons (Fsp3) is 0.250. The molecule has 0 spiro atoms. The summed E-state index contributed by atoms with van der Waals surface area (Å²) in [7, 11) is 0. The third kappa shape index (κ3) is 7.01. The summed E-state index contributed by atoms with van der Waals surface area (Å²) in [5, 5.41) is 2.28. The normalized spacial score (nSPS) is 14.6. The maximum Gasteiger partial charge on any atom is 0.293 e. The highest BCUT2D eigenvalue weighted by Crippen LogP contribution is 2.31. The van der Waals surface area contributed by atoms with Gasteiger partial charge in [0, 0.05) is 25.1 Å². The maximum atomic E-state index is 13.0. The number of Topliss-reactive ketones (excluding diaryl/α,β-unsaturated/α-hetero) is 1. The van der Waals surface area contributed by atoms with Crippen molar-refractivity contribution in [1.29, 1.82) is 0 Å². The third-order valence-electron chi connectivity index (χ3n) is 4.78. The summed E-state index contributed by atoms with van der Waals surface area (Å²) < 4.78 is 18.6. The molecule has 0 unspecified atom stereocenters. The van der Waals surface area contributed by atoms with E-state index in [9.17, 15) is 23.6 Å². The summed E-state index contributed by atoms with van der Waals surface area (Å²) in [6.45, 7) is 2.04. The lowest BCUT2D eigenvalue weighted by molar-refractivity contribution is -0.124. The first-order valence-electron chi connectivity index (χ1n) is 10.3. The predicted molar refractivity (Wildman–Crippen MR) is 123 cm³/mol. The second-order valence-electron chi connectivity index (χ2n) is 7.27. The molecule has 0 atom stereocenters. The van der Waals surface area contributed by atoms with E-state index in [0.29, 0.717) is 29.9 Å². The lowest BCUT2D eigenvalue weighted by Gasteiger charge is -2.13.